The summed E-state index contributed by atoms with van der Waals surface area (Å²) in [6.45, 7) is -0.943. The maximum Gasteiger partial charge on any atom is 0.323 e. The number of rotatable bonds is 8. The number of hydrogen-bond donors (Lipinski definition) is 1. The van der Waals surface area contributed by atoms with Crippen molar-refractivity contribution in [1.82, 2.24) is 25.2 Å². The van der Waals surface area contributed by atoms with Gasteiger partial charge in [-0.05, 0) is 59.0 Å². The smallest absolute Gasteiger partial charge is 0.323 e. The van der Waals surface area contributed by atoms with Crippen molar-refractivity contribution in [2.75, 3.05) is 7.11 Å². The van der Waals surface area contributed by atoms with Gasteiger partial charge in [-0.25, -0.2) is 13.5 Å². The second-order valence-corrected chi connectivity index (χ2v) is 7.22. The van der Waals surface area contributed by atoms with E-state index in [4.69, 9.17) is 9.47 Å². The first-order valence-corrected chi connectivity index (χ1v) is 9.78. The fraction of sp³-hybridized carbons (Fsp3) is 0.182. The molecule has 0 saturated heterocycles. The summed E-state index contributed by atoms with van der Waals surface area (Å²) < 4.78 is 70.8. The molecule has 34 heavy (non-hydrogen) atoms. The minimum absolute atomic E-state index is 0.140. The summed E-state index contributed by atoms with van der Waals surface area (Å²) >= 11 is 0. The van der Waals surface area contributed by atoms with Crippen LogP contribution in [0.15, 0.2) is 67.1 Å². The van der Waals surface area contributed by atoms with E-state index in [2.05, 4.69) is 20.5 Å². The third kappa shape index (κ3) is 4.39. The Hall–Kier alpha value is -4.06. The predicted molar refractivity (Wildman–Crippen MR) is 109 cm³/mol. The number of halogens is 4. The summed E-state index contributed by atoms with van der Waals surface area (Å²) in [7, 11) is 1.51. The van der Waals surface area contributed by atoms with Crippen molar-refractivity contribution in [1.29, 1.82) is 0 Å². The number of hydrogen-bond acceptors (Lipinski definition) is 7. The molecule has 4 aromatic rings. The number of benzene rings is 2. The molecule has 1 N–H and O–H groups in total. The minimum atomic E-state index is -4.16. The van der Waals surface area contributed by atoms with E-state index in [0.29, 0.717) is 17.6 Å². The third-order valence-corrected chi connectivity index (χ3v) is 5.03. The van der Waals surface area contributed by atoms with Crippen LogP contribution in [-0.4, -0.2) is 37.4 Å². The third-order valence-electron chi connectivity index (χ3n) is 5.03. The molecule has 8 nitrogen and oxygen atoms in total. The number of ether oxygens (including phenoxy) is 2. The van der Waals surface area contributed by atoms with Crippen molar-refractivity contribution in [3.8, 4) is 17.2 Å². The van der Waals surface area contributed by atoms with Crippen LogP contribution in [0.1, 0.15) is 11.3 Å². The Labute approximate surface area is 190 Å². The highest BCUT2D eigenvalue weighted by Gasteiger charge is 2.58. The number of pyridine rings is 1. The van der Waals surface area contributed by atoms with Crippen LogP contribution < -0.4 is 9.47 Å². The monoisotopic (exact) mass is 475 g/mol. The molecule has 0 bridgehead atoms. The maximum atomic E-state index is 15.7. The van der Waals surface area contributed by atoms with E-state index in [-0.39, 0.29) is 5.75 Å². The van der Waals surface area contributed by atoms with E-state index >= 15 is 8.78 Å². The van der Waals surface area contributed by atoms with Crippen LogP contribution in [0.25, 0.3) is 0 Å². The highest BCUT2D eigenvalue weighted by Crippen LogP contribution is 2.46. The van der Waals surface area contributed by atoms with Crippen LogP contribution in [0.5, 0.6) is 17.2 Å². The molecule has 0 amide bonds. The fourth-order valence-electron chi connectivity index (χ4n) is 3.28. The molecular weight excluding hydrogens is 458 g/mol. The van der Waals surface area contributed by atoms with Gasteiger partial charge in [-0.1, -0.05) is 0 Å². The van der Waals surface area contributed by atoms with E-state index in [1.807, 2.05) is 0 Å². The van der Waals surface area contributed by atoms with Gasteiger partial charge in [-0.15, -0.1) is 5.10 Å². The number of tetrazole rings is 1. The molecular formula is C22H17F4N5O3. The van der Waals surface area contributed by atoms with Crippen LogP contribution in [0.2, 0.25) is 0 Å². The van der Waals surface area contributed by atoms with Gasteiger partial charge in [0.05, 0.1) is 19.9 Å². The van der Waals surface area contributed by atoms with Gasteiger partial charge >= 0.3 is 5.92 Å². The molecule has 0 radical (unpaired) electrons. The summed E-state index contributed by atoms with van der Waals surface area (Å²) in [4.78, 5) is 3.73. The van der Waals surface area contributed by atoms with E-state index in [1.165, 1.54) is 13.2 Å². The summed E-state index contributed by atoms with van der Waals surface area (Å²) in [5.41, 5.74) is -4.95. The molecule has 12 heteroatoms. The van der Waals surface area contributed by atoms with Crippen molar-refractivity contribution >= 4 is 0 Å². The maximum absolute atomic E-state index is 15.7. The van der Waals surface area contributed by atoms with Gasteiger partial charge in [0.2, 0.25) is 0 Å². The van der Waals surface area contributed by atoms with Crippen LogP contribution in [0.3, 0.4) is 0 Å². The van der Waals surface area contributed by atoms with Crippen molar-refractivity contribution < 1.29 is 32.1 Å². The lowest BCUT2D eigenvalue weighted by Crippen LogP contribution is -2.48. The number of methoxy groups -OCH3 is 1. The summed E-state index contributed by atoms with van der Waals surface area (Å²) in [5, 5.41) is 21.3. The Kier molecular flexibility index (Phi) is 6.16. The van der Waals surface area contributed by atoms with E-state index in [9.17, 15) is 13.9 Å². The molecule has 0 spiro atoms. The van der Waals surface area contributed by atoms with Gasteiger partial charge in [-0.2, -0.15) is 8.78 Å². The highest BCUT2D eigenvalue weighted by atomic mass is 19.3. The van der Waals surface area contributed by atoms with Gasteiger partial charge in [0.25, 0.3) is 0 Å². The second kappa shape index (κ2) is 9.06. The Bertz CT molecular complexity index is 1250. The summed E-state index contributed by atoms with van der Waals surface area (Å²) in [5.74, 6) is -5.36. The normalized spacial score (nSPS) is 13.4. The lowest BCUT2D eigenvalue weighted by Gasteiger charge is -2.35. The quantitative estimate of drug-likeness (QED) is 0.387. The molecule has 4 rings (SSSR count). The Balaban J connectivity index is 1.68. The zero-order valence-corrected chi connectivity index (χ0v) is 17.6. The Morgan fingerprint density at radius 3 is 2.26 bits per heavy atom. The molecule has 0 aliphatic heterocycles. The first-order valence-electron chi connectivity index (χ1n) is 9.78. The zero-order valence-electron chi connectivity index (χ0n) is 17.6. The fourth-order valence-corrected chi connectivity index (χ4v) is 3.28. The van der Waals surface area contributed by atoms with Gasteiger partial charge < -0.3 is 14.6 Å². The molecule has 1 unspecified atom stereocenters. The molecule has 1 atom stereocenters. The van der Waals surface area contributed by atoms with Crippen LogP contribution in [0, 0.1) is 11.6 Å². The van der Waals surface area contributed by atoms with Crippen LogP contribution >= 0.6 is 0 Å². The van der Waals surface area contributed by atoms with Crippen molar-refractivity contribution in [3.63, 3.8) is 0 Å². The van der Waals surface area contributed by atoms with Gasteiger partial charge in [0.1, 0.15) is 40.9 Å². The Morgan fingerprint density at radius 2 is 1.68 bits per heavy atom. The van der Waals surface area contributed by atoms with Gasteiger partial charge in [-0.3, -0.25) is 4.98 Å². The first-order chi connectivity index (χ1) is 16.2. The number of aliphatic hydroxyl groups is 1. The van der Waals surface area contributed by atoms with E-state index < -0.39 is 41.0 Å². The molecule has 2 aromatic heterocycles. The zero-order chi connectivity index (χ0) is 24.3. The van der Waals surface area contributed by atoms with Gasteiger partial charge in [0, 0.05) is 11.6 Å². The molecule has 0 aliphatic carbocycles. The van der Waals surface area contributed by atoms with Crippen molar-refractivity contribution in [2.24, 2.45) is 0 Å². The van der Waals surface area contributed by atoms with Crippen LogP contribution in [0.4, 0.5) is 17.6 Å². The van der Waals surface area contributed by atoms with Crippen LogP contribution in [-0.2, 0) is 18.1 Å². The largest absolute Gasteiger partial charge is 0.497 e. The molecule has 0 aliphatic rings. The first kappa shape index (κ1) is 23.1. The SMILES string of the molecule is COc1ccc(Oc2ccc(C(F)(F)C(O)(Cn3cnnn3)c3ccc(F)cc3F)nc2)cc1. The summed E-state index contributed by atoms with van der Waals surface area (Å²) in [6.07, 6.45) is 2.01. The molecule has 2 heterocycles. The molecule has 0 saturated carbocycles. The average molecular weight is 475 g/mol. The average Bonchev–Trinajstić information content (AvgIpc) is 3.32. The molecule has 176 valence electrons. The molecule has 2 aromatic carbocycles. The van der Waals surface area contributed by atoms with Gasteiger partial charge in [0.15, 0.2) is 5.60 Å². The topological polar surface area (TPSA) is 95.2 Å². The second-order valence-electron chi connectivity index (χ2n) is 7.22. The predicted octanol–water partition coefficient (Wildman–Crippen LogP) is 3.83. The van der Waals surface area contributed by atoms with Crippen molar-refractivity contribution in [3.05, 3.63) is 90.0 Å². The number of nitrogens with zero attached hydrogens (tertiary/aromatic N) is 5. The van der Waals surface area contributed by atoms with E-state index in [0.717, 1.165) is 35.4 Å². The lowest BCUT2D eigenvalue weighted by molar-refractivity contribution is -0.207. The lowest BCUT2D eigenvalue weighted by atomic mass is 9.84. The Morgan fingerprint density at radius 1 is 0.971 bits per heavy atom. The molecule has 0 fully saturated rings. The minimum Gasteiger partial charge on any atom is -0.497 e. The number of alkyl halides is 2. The number of aromatic nitrogens is 5. The van der Waals surface area contributed by atoms with Crippen molar-refractivity contribution in [2.45, 2.75) is 18.1 Å². The van der Waals surface area contributed by atoms with E-state index in [1.54, 1.807) is 24.3 Å². The highest BCUT2D eigenvalue weighted by molar-refractivity contribution is 5.36. The standard InChI is InChI=1S/C22H17F4N5O3/c1-33-15-3-5-16(6-4-15)34-17-7-9-20(27-11-17)22(25,26)21(32,12-31-13-28-29-30-31)18-8-2-14(23)10-19(18)24/h2-11,13,32H,12H2,1H3. The summed E-state index contributed by atoms with van der Waals surface area (Å²) in [6, 6.07) is 10.6.